The predicted octanol–water partition coefficient (Wildman–Crippen LogP) is 4.39. The van der Waals surface area contributed by atoms with Crippen LogP contribution in [0.4, 0.5) is 10.8 Å². The number of thioether (sulfide) groups is 1. The van der Waals surface area contributed by atoms with Crippen molar-refractivity contribution < 1.29 is 9.53 Å². The van der Waals surface area contributed by atoms with Gasteiger partial charge in [-0.15, -0.1) is 10.2 Å². The second kappa shape index (κ2) is 12.3. The Morgan fingerprint density at radius 1 is 1.09 bits per heavy atom. The third-order valence-electron chi connectivity index (χ3n) is 5.80. The topological polar surface area (TPSA) is 79.4 Å². The Hall–Kier alpha value is -2.46. The summed E-state index contributed by atoms with van der Waals surface area (Å²) in [7, 11) is 0. The summed E-state index contributed by atoms with van der Waals surface area (Å²) in [4.78, 5) is 14.9. The molecule has 180 valence electrons. The Kier molecular flexibility index (Phi) is 8.92. The second-order valence-electron chi connectivity index (χ2n) is 8.18. The highest BCUT2D eigenvalue weighted by Crippen LogP contribution is 2.30. The fraction of sp³-hybridized carbons (Fsp3) is 0.400. The number of para-hydroxylation sites is 1. The molecule has 7 nitrogen and oxygen atoms in total. The van der Waals surface area contributed by atoms with Crippen LogP contribution in [0.15, 0.2) is 46.8 Å². The van der Waals surface area contributed by atoms with E-state index in [2.05, 4.69) is 76.0 Å². The number of nitrogens with zero attached hydrogens (tertiary/aromatic N) is 3. The van der Waals surface area contributed by atoms with Crippen molar-refractivity contribution >= 4 is 39.8 Å². The Morgan fingerprint density at radius 2 is 1.85 bits per heavy atom. The minimum atomic E-state index is -0.0111. The van der Waals surface area contributed by atoms with Gasteiger partial charge in [0.15, 0.2) is 4.34 Å². The number of carbonyl (C=O) groups excluding carboxylic acids is 1. The molecule has 1 aliphatic heterocycles. The van der Waals surface area contributed by atoms with E-state index in [0.717, 1.165) is 60.0 Å². The van der Waals surface area contributed by atoms with Crippen molar-refractivity contribution in [3.05, 3.63) is 64.7 Å². The number of hydrogen-bond donors (Lipinski definition) is 2. The van der Waals surface area contributed by atoms with Crippen LogP contribution in [0, 0.1) is 6.92 Å². The number of aromatic nitrogens is 2. The first-order chi connectivity index (χ1) is 16.6. The predicted molar refractivity (Wildman–Crippen MR) is 139 cm³/mol. The number of morpholine rings is 1. The summed E-state index contributed by atoms with van der Waals surface area (Å²) in [5.74, 6) is 0.299. The summed E-state index contributed by atoms with van der Waals surface area (Å²) < 4.78 is 6.22. The highest BCUT2D eigenvalue weighted by Gasteiger charge is 2.14. The van der Waals surface area contributed by atoms with Gasteiger partial charge in [0.05, 0.1) is 19.0 Å². The molecule has 1 saturated heterocycles. The van der Waals surface area contributed by atoms with Gasteiger partial charge in [-0.25, -0.2) is 0 Å². The SMILES string of the molecule is CCc1cccc(C)c1Nc1nnc(SCC(=O)NCc2ccccc2CN2CCOCC2)s1. The lowest BCUT2D eigenvalue weighted by Gasteiger charge is -2.27. The van der Waals surface area contributed by atoms with E-state index >= 15 is 0 Å². The Balaban J connectivity index is 1.27. The minimum absolute atomic E-state index is 0.0111. The molecule has 0 atom stereocenters. The van der Waals surface area contributed by atoms with Gasteiger partial charge in [0.25, 0.3) is 0 Å². The maximum atomic E-state index is 12.5. The zero-order chi connectivity index (χ0) is 23.8. The number of carbonyl (C=O) groups is 1. The number of ether oxygens (including phenoxy) is 1. The van der Waals surface area contributed by atoms with E-state index in [1.54, 1.807) is 0 Å². The number of nitrogens with one attached hydrogen (secondary N) is 2. The van der Waals surface area contributed by atoms with E-state index < -0.39 is 0 Å². The molecule has 0 radical (unpaired) electrons. The van der Waals surface area contributed by atoms with Crippen molar-refractivity contribution in [1.29, 1.82) is 0 Å². The van der Waals surface area contributed by atoms with Gasteiger partial charge in [-0.1, -0.05) is 72.5 Å². The smallest absolute Gasteiger partial charge is 0.230 e. The van der Waals surface area contributed by atoms with Crippen molar-refractivity contribution in [3.8, 4) is 0 Å². The summed E-state index contributed by atoms with van der Waals surface area (Å²) in [6, 6.07) is 14.6. The van der Waals surface area contributed by atoms with E-state index in [4.69, 9.17) is 4.74 Å². The van der Waals surface area contributed by atoms with Gasteiger partial charge in [-0.05, 0) is 35.6 Å². The van der Waals surface area contributed by atoms with Gasteiger partial charge in [-0.3, -0.25) is 9.69 Å². The fourth-order valence-electron chi connectivity index (χ4n) is 3.88. The van der Waals surface area contributed by atoms with Crippen molar-refractivity contribution in [1.82, 2.24) is 20.4 Å². The number of rotatable bonds is 10. The number of aryl methyl sites for hydroxylation is 2. The molecule has 0 unspecified atom stereocenters. The average Bonchev–Trinajstić information content (AvgIpc) is 3.31. The standard InChI is InChI=1S/C25H31N5O2S2/c1-3-19-10-6-7-18(2)23(19)27-24-28-29-25(34-24)33-17-22(31)26-15-20-8-4-5-9-21(20)16-30-11-13-32-14-12-30/h4-10H,3,11-17H2,1-2H3,(H,26,31)(H,27,28). The molecule has 0 aliphatic carbocycles. The second-order valence-corrected chi connectivity index (χ2v) is 10.4. The number of benzene rings is 2. The van der Waals surface area contributed by atoms with Crippen LogP contribution in [0.5, 0.6) is 0 Å². The van der Waals surface area contributed by atoms with Crippen molar-refractivity contribution in [2.45, 2.75) is 37.7 Å². The fourth-order valence-corrected chi connectivity index (χ4v) is 5.47. The Bertz CT molecular complexity index is 1100. The molecule has 9 heteroatoms. The first-order valence-electron chi connectivity index (χ1n) is 11.6. The zero-order valence-electron chi connectivity index (χ0n) is 19.7. The van der Waals surface area contributed by atoms with Gasteiger partial charge < -0.3 is 15.4 Å². The molecule has 1 aromatic heterocycles. The maximum absolute atomic E-state index is 12.5. The molecule has 0 saturated carbocycles. The molecule has 2 aromatic carbocycles. The van der Waals surface area contributed by atoms with Crippen molar-refractivity contribution in [2.24, 2.45) is 0 Å². The van der Waals surface area contributed by atoms with Gasteiger partial charge in [0.2, 0.25) is 11.0 Å². The Morgan fingerprint density at radius 3 is 2.65 bits per heavy atom. The van der Waals surface area contributed by atoms with Crippen molar-refractivity contribution in [3.63, 3.8) is 0 Å². The van der Waals surface area contributed by atoms with Crippen LogP contribution in [-0.4, -0.2) is 53.1 Å². The molecular weight excluding hydrogens is 466 g/mol. The molecule has 0 spiro atoms. The van der Waals surface area contributed by atoms with Crippen LogP contribution in [-0.2, 0) is 29.0 Å². The average molecular weight is 498 g/mol. The number of hydrogen-bond acceptors (Lipinski definition) is 8. The quantitative estimate of drug-likeness (QED) is 0.402. The lowest BCUT2D eigenvalue weighted by atomic mass is 10.1. The lowest BCUT2D eigenvalue weighted by Crippen LogP contribution is -2.36. The van der Waals surface area contributed by atoms with Crippen LogP contribution >= 0.6 is 23.1 Å². The van der Waals surface area contributed by atoms with Crippen LogP contribution in [0.1, 0.15) is 29.2 Å². The molecule has 2 heterocycles. The third kappa shape index (κ3) is 6.79. The van der Waals surface area contributed by atoms with Gasteiger partial charge in [0, 0.05) is 31.9 Å². The van der Waals surface area contributed by atoms with Crippen LogP contribution in [0.2, 0.25) is 0 Å². The normalized spacial score (nSPS) is 14.2. The largest absolute Gasteiger partial charge is 0.379 e. The van der Waals surface area contributed by atoms with Gasteiger partial charge in [-0.2, -0.15) is 0 Å². The number of anilines is 2. The van der Waals surface area contributed by atoms with Crippen LogP contribution in [0.3, 0.4) is 0 Å². The van der Waals surface area contributed by atoms with Crippen molar-refractivity contribution in [2.75, 3.05) is 37.4 Å². The number of amides is 1. The molecule has 1 amide bonds. The first-order valence-corrected chi connectivity index (χ1v) is 13.4. The molecule has 2 N–H and O–H groups in total. The van der Waals surface area contributed by atoms with E-state index in [1.165, 1.54) is 39.8 Å². The summed E-state index contributed by atoms with van der Waals surface area (Å²) in [5.41, 5.74) is 5.92. The monoisotopic (exact) mass is 497 g/mol. The highest BCUT2D eigenvalue weighted by atomic mass is 32.2. The zero-order valence-corrected chi connectivity index (χ0v) is 21.3. The van der Waals surface area contributed by atoms with E-state index in [0.29, 0.717) is 12.3 Å². The molecule has 4 rings (SSSR count). The first kappa shape index (κ1) is 24.7. The molecule has 3 aromatic rings. The summed E-state index contributed by atoms with van der Waals surface area (Å²) in [6.45, 7) is 9.08. The summed E-state index contributed by atoms with van der Waals surface area (Å²) >= 11 is 2.88. The Labute approximate surface area is 209 Å². The minimum Gasteiger partial charge on any atom is -0.379 e. The summed E-state index contributed by atoms with van der Waals surface area (Å²) in [5, 5.41) is 15.7. The lowest BCUT2D eigenvalue weighted by molar-refractivity contribution is -0.118. The third-order valence-corrected chi connectivity index (χ3v) is 7.77. The van der Waals surface area contributed by atoms with E-state index in [1.807, 2.05) is 6.07 Å². The van der Waals surface area contributed by atoms with Gasteiger partial charge >= 0.3 is 0 Å². The molecule has 1 fully saturated rings. The van der Waals surface area contributed by atoms with Crippen LogP contribution < -0.4 is 10.6 Å². The van der Waals surface area contributed by atoms with E-state index in [9.17, 15) is 4.79 Å². The molecule has 34 heavy (non-hydrogen) atoms. The maximum Gasteiger partial charge on any atom is 0.230 e. The molecule has 1 aliphatic rings. The summed E-state index contributed by atoms with van der Waals surface area (Å²) in [6.07, 6.45) is 0.945. The molecular formula is C25H31N5O2S2. The van der Waals surface area contributed by atoms with E-state index in [-0.39, 0.29) is 5.91 Å². The van der Waals surface area contributed by atoms with Crippen LogP contribution in [0.25, 0.3) is 0 Å². The molecule has 0 bridgehead atoms. The highest BCUT2D eigenvalue weighted by molar-refractivity contribution is 8.01. The van der Waals surface area contributed by atoms with Gasteiger partial charge in [0.1, 0.15) is 0 Å².